The van der Waals surface area contributed by atoms with Crippen LogP contribution in [0.4, 0.5) is 22.4 Å². The van der Waals surface area contributed by atoms with E-state index in [1.807, 2.05) is 5.32 Å². The molecule has 0 bridgehead atoms. The van der Waals surface area contributed by atoms with Crippen LogP contribution in [-0.2, 0) is 4.79 Å². The number of nitrogens with one attached hydrogen (secondary N) is 1. The third-order valence-electron chi connectivity index (χ3n) is 3.17. The molecule has 1 aliphatic heterocycles. The molecule has 10 heteroatoms. The molecular weight excluding hydrogens is 298 g/mol. The van der Waals surface area contributed by atoms with E-state index in [-0.39, 0.29) is 6.42 Å². The van der Waals surface area contributed by atoms with Crippen LogP contribution in [0.5, 0.6) is 0 Å². The van der Waals surface area contributed by atoms with Gasteiger partial charge in [-0.15, -0.1) is 0 Å². The van der Waals surface area contributed by atoms with E-state index in [2.05, 4.69) is 0 Å². The number of nitrogens with two attached hydrogens (primary N) is 1. The van der Waals surface area contributed by atoms with E-state index < -0.39 is 43.0 Å². The molecule has 2 amide bonds. The number of unbranched alkanes of at least 4 members (excludes halogenated alkanes) is 1. The summed E-state index contributed by atoms with van der Waals surface area (Å²) in [6, 6.07) is -1.33. The van der Waals surface area contributed by atoms with Gasteiger partial charge in [-0.1, -0.05) is 0 Å². The number of carbonyl (C=O) groups is 2. The molecule has 21 heavy (non-hydrogen) atoms. The molecule has 0 radical (unpaired) electrons. The smallest absolute Gasteiger partial charge is 0.405 e. The van der Waals surface area contributed by atoms with Crippen LogP contribution >= 0.6 is 0 Å². The van der Waals surface area contributed by atoms with E-state index in [1.54, 1.807) is 0 Å². The molecule has 0 aromatic carbocycles. The van der Waals surface area contributed by atoms with Crippen LogP contribution in [-0.4, -0.2) is 59.5 Å². The van der Waals surface area contributed by atoms with Crippen LogP contribution in [0.3, 0.4) is 0 Å². The van der Waals surface area contributed by atoms with Crippen molar-refractivity contribution in [2.24, 2.45) is 5.73 Å². The van der Waals surface area contributed by atoms with Crippen molar-refractivity contribution in [1.82, 2.24) is 10.2 Å². The van der Waals surface area contributed by atoms with Gasteiger partial charge in [0.2, 0.25) is 5.91 Å². The first-order valence-corrected chi connectivity index (χ1v) is 6.34. The van der Waals surface area contributed by atoms with Crippen molar-refractivity contribution in [2.75, 3.05) is 19.6 Å². The van der Waals surface area contributed by atoms with Gasteiger partial charge in [-0.25, -0.2) is 4.79 Å². The third-order valence-corrected chi connectivity index (χ3v) is 3.17. The van der Waals surface area contributed by atoms with Crippen LogP contribution in [0.15, 0.2) is 0 Å². The highest BCUT2D eigenvalue weighted by Crippen LogP contribution is 2.41. The van der Waals surface area contributed by atoms with Crippen LogP contribution in [0.25, 0.3) is 0 Å². The average molecular weight is 315 g/mol. The van der Waals surface area contributed by atoms with Gasteiger partial charge in [0.15, 0.2) is 0 Å². The average Bonchev–Trinajstić information content (AvgIpc) is 2.56. The molecule has 0 spiro atoms. The van der Waals surface area contributed by atoms with Crippen molar-refractivity contribution in [3.63, 3.8) is 0 Å². The molecule has 0 saturated carbocycles. The highest BCUT2D eigenvalue weighted by atomic mass is 19.3. The molecule has 6 nitrogen and oxygen atoms in total. The first-order valence-electron chi connectivity index (χ1n) is 6.34. The van der Waals surface area contributed by atoms with Gasteiger partial charge in [0, 0.05) is 0 Å². The Morgan fingerprint density at radius 2 is 1.71 bits per heavy atom. The first-order chi connectivity index (χ1) is 9.60. The van der Waals surface area contributed by atoms with Crippen molar-refractivity contribution in [3.05, 3.63) is 0 Å². The number of rotatable bonds is 6. The second kappa shape index (κ2) is 6.46. The SMILES string of the molecule is NCCCC[C@H](NC(=O)O)C(=O)N1CC(F)(F)C(F)(F)C1. The van der Waals surface area contributed by atoms with Crippen LogP contribution in [0, 0.1) is 0 Å². The van der Waals surface area contributed by atoms with Crippen molar-refractivity contribution >= 4 is 12.0 Å². The summed E-state index contributed by atoms with van der Waals surface area (Å²) < 4.78 is 52.3. The molecule has 0 aliphatic carbocycles. The Hall–Kier alpha value is -1.58. The lowest BCUT2D eigenvalue weighted by Gasteiger charge is -2.22. The number of alkyl halides is 4. The van der Waals surface area contributed by atoms with Gasteiger partial charge in [0.05, 0.1) is 13.1 Å². The summed E-state index contributed by atoms with van der Waals surface area (Å²) in [6.07, 6.45) is -0.653. The lowest BCUT2D eigenvalue weighted by molar-refractivity contribution is -0.172. The monoisotopic (exact) mass is 315 g/mol. The maximum absolute atomic E-state index is 13.1. The van der Waals surface area contributed by atoms with E-state index in [1.165, 1.54) is 0 Å². The molecule has 1 heterocycles. The van der Waals surface area contributed by atoms with Gasteiger partial charge in [-0.3, -0.25) is 4.79 Å². The molecule has 0 unspecified atom stereocenters. The molecule has 1 saturated heterocycles. The quantitative estimate of drug-likeness (QED) is 0.500. The number of carbonyl (C=O) groups excluding carboxylic acids is 1. The van der Waals surface area contributed by atoms with Gasteiger partial charge in [0.1, 0.15) is 6.04 Å². The minimum Gasteiger partial charge on any atom is -0.465 e. The Labute approximate surface area is 118 Å². The van der Waals surface area contributed by atoms with Crippen LogP contribution in [0.1, 0.15) is 19.3 Å². The zero-order chi connectivity index (χ0) is 16.3. The number of halogens is 4. The summed E-state index contributed by atoms with van der Waals surface area (Å²) in [5, 5.41) is 10.5. The van der Waals surface area contributed by atoms with Gasteiger partial charge < -0.3 is 21.1 Å². The van der Waals surface area contributed by atoms with E-state index in [0.29, 0.717) is 24.3 Å². The topological polar surface area (TPSA) is 95.7 Å². The minimum atomic E-state index is -4.31. The third kappa shape index (κ3) is 4.19. The normalized spacial score (nSPS) is 21.1. The molecule has 1 fully saturated rings. The van der Waals surface area contributed by atoms with Gasteiger partial charge in [-0.05, 0) is 25.8 Å². The van der Waals surface area contributed by atoms with E-state index >= 15 is 0 Å². The summed E-state index contributed by atoms with van der Waals surface area (Å²) in [7, 11) is 0. The van der Waals surface area contributed by atoms with Crippen molar-refractivity contribution in [3.8, 4) is 0 Å². The highest BCUT2D eigenvalue weighted by molar-refractivity contribution is 5.85. The molecule has 1 rings (SSSR count). The van der Waals surface area contributed by atoms with Gasteiger partial charge >= 0.3 is 17.9 Å². The molecule has 122 valence electrons. The van der Waals surface area contributed by atoms with Crippen LogP contribution < -0.4 is 11.1 Å². The Bertz CT molecular complexity index is 390. The van der Waals surface area contributed by atoms with E-state index in [9.17, 15) is 27.2 Å². The predicted octanol–water partition coefficient (Wildman–Crippen LogP) is 0.864. The summed E-state index contributed by atoms with van der Waals surface area (Å²) in [5.41, 5.74) is 5.25. The highest BCUT2D eigenvalue weighted by Gasteiger charge is 2.64. The minimum absolute atomic E-state index is 0.00990. The van der Waals surface area contributed by atoms with E-state index in [4.69, 9.17) is 10.8 Å². The fourth-order valence-corrected chi connectivity index (χ4v) is 2.04. The van der Waals surface area contributed by atoms with Gasteiger partial charge in [-0.2, -0.15) is 17.6 Å². The van der Waals surface area contributed by atoms with Crippen molar-refractivity contribution < 1.29 is 32.3 Å². The summed E-state index contributed by atoms with van der Waals surface area (Å²) in [4.78, 5) is 22.9. The Kier molecular flexibility index (Phi) is 5.37. The summed E-state index contributed by atoms with van der Waals surface area (Å²) in [6.45, 7) is -2.53. The van der Waals surface area contributed by atoms with Crippen molar-refractivity contribution in [2.45, 2.75) is 37.1 Å². The maximum Gasteiger partial charge on any atom is 0.405 e. The number of hydrogen-bond acceptors (Lipinski definition) is 3. The Balaban J connectivity index is 2.74. The maximum atomic E-state index is 13.1. The second-order valence-electron chi connectivity index (χ2n) is 4.89. The molecule has 0 aromatic heterocycles. The van der Waals surface area contributed by atoms with Crippen LogP contribution in [0.2, 0.25) is 0 Å². The Morgan fingerprint density at radius 3 is 2.14 bits per heavy atom. The zero-order valence-electron chi connectivity index (χ0n) is 11.1. The molecule has 1 atom stereocenters. The fraction of sp³-hybridized carbons (Fsp3) is 0.818. The zero-order valence-corrected chi connectivity index (χ0v) is 11.1. The Morgan fingerprint density at radius 1 is 1.19 bits per heavy atom. The molecule has 1 aliphatic rings. The molecule has 0 aromatic rings. The predicted molar refractivity (Wildman–Crippen MR) is 64.3 cm³/mol. The lowest BCUT2D eigenvalue weighted by atomic mass is 10.1. The lowest BCUT2D eigenvalue weighted by Crippen LogP contribution is -2.48. The number of likely N-dealkylation sites (tertiary alicyclic amines) is 1. The number of nitrogens with zero attached hydrogens (tertiary/aromatic N) is 1. The summed E-state index contributed by atoms with van der Waals surface area (Å²) >= 11 is 0. The first kappa shape index (κ1) is 17.5. The molecular formula is C11H17F4N3O3. The number of amides is 2. The van der Waals surface area contributed by atoms with E-state index in [0.717, 1.165) is 0 Å². The van der Waals surface area contributed by atoms with Crippen molar-refractivity contribution in [1.29, 1.82) is 0 Å². The fourth-order valence-electron chi connectivity index (χ4n) is 2.04. The largest absolute Gasteiger partial charge is 0.465 e. The number of hydrogen-bond donors (Lipinski definition) is 3. The molecule has 4 N–H and O–H groups in total. The second-order valence-corrected chi connectivity index (χ2v) is 4.89. The van der Waals surface area contributed by atoms with Gasteiger partial charge in [0.25, 0.3) is 0 Å². The summed E-state index contributed by atoms with van der Waals surface area (Å²) in [5.74, 6) is -9.70. The number of carboxylic acid groups (broad SMARTS) is 1. The standard InChI is InChI=1S/C11H17F4N3O3/c12-10(13)5-18(6-11(10,14)15)8(19)7(17-9(20)21)3-1-2-4-16/h7,17H,1-6,16H2,(H,20,21)/t7-/m0/s1.